The standard InChI is InChI=1S/C34H55N5O4/c1-20(2)21(3)30(5)13-14-32(7)23-9-10-26-31(6)18-42-19-34(26,24(23)11-12-33(32,8)27(30)29(40)41)17-25(28(31)43-16-15-35)39-37-22(4)36-38-39/h11,20-21,23,25-28H,9-10,12-19,35H2,1-8H3,(H,40,41)/t21-,23+,25-,26+,27-,28+,30-,31-,32-,33+,34+/m1/s1. The van der Waals surface area contributed by atoms with Crippen LogP contribution in [-0.2, 0) is 14.3 Å². The van der Waals surface area contributed by atoms with Gasteiger partial charge < -0.3 is 20.3 Å². The third-order valence-corrected chi connectivity index (χ3v) is 14.3. The highest BCUT2D eigenvalue weighted by molar-refractivity contribution is 5.73. The van der Waals surface area contributed by atoms with Crippen molar-refractivity contribution in [3.8, 4) is 0 Å². The molecule has 240 valence electrons. The van der Waals surface area contributed by atoms with Gasteiger partial charge in [-0.1, -0.05) is 60.1 Å². The van der Waals surface area contributed by atoms with Crippen molar-refractivity contribution in [3.05, 3.63) is 17.5 Å². The Labute approximate surface area is 257 Å². The zero-order valence-corrected chi connectivity index (χ0v) is 27.7. The molecule has 6 rings (SSSR count). The zero-order valence-electron chi connectivity index (χ0n) is 27.7. The number of aromatic nitrogens is 4. The maximum absolute atomic E-state index is 13.3. The number of allylic oxidation sites excluding steroid dienone is 1. The summed E-state index contributed by atoms with van der Waals surface area (Å²) in [6, 6.07) is -0.0769. The van der Waals surface area contributed by atoms with Crippen molar-refractivity contribution < 1.29 is 19.4 Å². The summed E-state index contributed by atoms with van der Waals surface area (Å²) in [4.78, 5) is 15.1. The van der Waals surface area contributed by atoms with Crippen LogP contribution < -0.4 is 5.73 Å². The minimum Gasteiger partial charge on any atom is -0.481 e. The molecule has 0 amide bonds. The average Bonchev–Trinajstić information content (AvgIpc) is 3.38. The number of aryl methyl sites for hydroxylation is 1. The third kappa shape index (κ3) is 4.12. The molecule has 2 bridgehead atoms. The molecule has 3 N–H and O–H groups in total. The van der Waals surface area contributed by atoms with Crippen LogP contribution in [0.3, 0.4) is 0 Å². The highest BCUT2D eigenvalue weighted by atomic mass is 16.5. The number of aliphatic carboxylic acids is 1. The summed E-state index contributed by atoms with van der Waals surface area (Å²) in [6.45, 7) is 20.3. The Balaban J connectivity index is 1.46. The normalized spacial score (nSPS) is 46.4. The Morgan fingerprint density at radius 3 is 2.53 bits per heavy atom. The molecule has 1 aromatic heterocycles. The van der Waals surface area contributed by atoms with Crippen LogP contribution in [0.25, 0.3) is 0 Å². The number of rotatable bonds is 7. The number of nitrogens with two attached hydrogens (primary N) is 1. The lowest BCUT2D eigenvalue weighted by atomic mass is 9.34. The maximum atomic E-state index is 13.3. The number of hydrogen-bond acceptors (Lipinski definition) is 7. The van der Waals surface area contributed by atoms with E-state index in [2.05, 4.69) is 64.9 Å². The lowest BCUT2D eigenvalue weighted by molar-refractivity contribution is -0.251. The van der Waals surface area contributed by atoms with Crippen molar-refractivity contribution in [2.75, 3.05) is 26.4 Å². The molecule has 11 atom stereocenters. The fraction of sp³-hybridized carbons (Fsp3) is 0.882. The summed E-state index contributed by atoms with van der Waals surface area (Å²) >= 11 is 0. The van der Waals surface area contributed by atoms with Gasteiger partial charge in [0, 0.05) is 17.4 Å². The van der Waals surface area contributed by atoms with Gasteiger partial charge in [0.25, 0.3) is 0 Å². The SMILES string of the molecule is Cc1nnn([C@@H]2C[C@@]34COC[C@](C)([C@@H]3CC[C@H]3C4=CC[C@@]4(C)[C@H](C(=O)O)[C@@](C)([C@H](C)C(C)C)CC[C@]34C)[C@H]2OCCN)n1. The first-order valence-electron chi connectivity index (χ1n) is 16.8. The smallest absolute Gasteiger partial charge is 0.307 e. The topological polar surface area (TPSA) is 125 Å². The van der Waals surface area contributed by atoms with Crippen LogP contribution in [0.2, 0.25) is 0 Å². The van der Waals surface area contributed by atoms with Gasteiger partial charge in [0.15, 0.2) is 5.82 Å². The molecule has 4 fully saturated rings. The quantitative estimate of drug-likeness (QED) is 0.397. The second-order valence-corrected chi connectivity index (χ2v) is 16.4. The molecule has 9 nitrogen and oxygen atoms in total. The highest BCUT2D eigenvalue weighted by Crippen LogP contribution is 2.75. The van der Waals surface area contributed by atoms with Crippen molar-refractivity contribution in [1.29, 1.82) is 0 Å². The lowest BCUT2D eigenvalue weighted by Gasteiger charge is -2.71. The van der Waals surface area contributed by atoms with Gasteiger partial charge in [-0.2, -0.15) is 4.80 Å². The number of ether oxygens (including phenoxy) is 2. The van der Waals surface area contributed by atoms with Gasteiger partial charge in [-0.25, -0.2) is 0 Å². The first-order chi connectivity index (χ1) is 20.2. The van der Waals surface area contributed by atoms with Crippen LogP contribution in [0.15, 0.2) is 11.6 Å². The highest BCUT2D eigenvalue weighted by Gasteiger charge is 2.72. The summed E-state index contributed by atoms with van der Waals surface area (Å²) in [5.41, 5.74) is 6.36. The van der Waals surface area contributed by atoms with Crippen LogP contribution in [0.5, 0.6) is 0 Å². The fourth-order valence-electron chi connectivity index (χ4n) is 11.7. The van der Waals surface area contributed by atoms with Crippen LogP contribution >= 0.6 is 0 Å². The first kappa shape index (κ1) is 31.2. The Kier molecular flexibility index (Phi) is 7.49. The van der Waals surface area contributed by atoms with Crippen molar-refractivity contribution in [2.24, 2.45) is 62.4 Å². The van der Waals surface area contributed by atoms with E-state index in [1.165, 1.54) is 5.57 Å². The number of carboxylic acid groups (broad SMARTS) is 1. The van der Waals surface area contributed by atoms with Crippen LogP contribution in [0.1, 0.15) is 98.9 Å². The number of fused-ring (bicyclic) bond motifs is 3. The van der Waals surface area contributed by atoms with Gasteiger partial charge in [-0.3, -0.25) is 4.79 Å². The molecule has 2 heterocycles. The number of carbonyl (C=O) groups is 1. The third-order valence-electron chi connectivity index (χ3n) is 14.3. The maximum Gasteiger partial charge on any atom is 0.307 e. The van der Waals surface area contributed by atoms with Gasteiger partial charge in [-0.15, -0.1) is 10.2 Å². The summed E-state index contributed by atoms with van der Waals surface area (Å²) in [6.07, 6.45) is 8.15. The Morgan fingerprint density at radius 2 is 1.91 bits per heavy atom. The Hall–Kier alpha value is -1.84. The second kappa shape index (κ2) is 10.3. The van der Waals surface area contributed by atoms with E-state index in [9.17, 15) is 9.90 Å². The van der Waals surface area contributed by atoms with Crippen molar-refractivity contribution in [1.82, 2.24) is 20.2 Å². The Morgan fingerprint density at radius 1 is 1.16 bits per heavy atom. The molecule has 0 spiro atoms. The molecule has 1 saturated heterocycles. The summed E-state index contributed by atoms with van der Waals surface area (Å²) in [5.74, 6) is 1.12. The molecule has 0 aromatic carbocycles. The molecular formula is C34H55N5O4. The molecule has 43 heavy (non-hydrogen) atoms. The van der Waals surface area contributed by atoms with Gasteiger partial charge in [0.05, 0.1) is 31.8 Å². The van der Waals surface area contributed by atoms with Gasteiger partial charge in [0.1, 0.15) is 6.04 Å². The first-order valence-corrected chi connectivity index (χ1v) is 16.8. The minimum atomic E-state index is -0.619. The molecule has 0 unspecified atom stereocenters. The molecule has 0 radical (unpaired) electrons. The van der Waals surface area contributed by atoms with Crippen molar-refractivity contribution in [2.45, 2.75) is 106 Å². The van der Waals surface area contributed by atoms with Crippen LogP contribution in [-0.4, -0.2) is 63.8 Å². The second-order valence-electron chi connectivity index (χ2n) is 16.4. The van der Waals surface area contributed by atoms with E-state index >= 15 is 0 Å². The molecule has 9 heteroatoms. The predicted molar refractivity (Wildman–Crippen MR) is 164 cm³/mol. The molecule has 4 aliphatic carbocycles. The summed E-state index contributed by atoms with van der Waals surface area (Å²) in [7, 11) is 0. The van der Waals surface area contributed by atoms with E-state index in [1.54, 1.807) is 4.80 Å². The van der Waals surface area contributed by atoms with Crippen molar-refractivity contribution >= 4 is 5.97 Å². The lowest BCUT2D eigenvalue weighted by Crippen LogP contribution is -2.69. The van der Waals surface area contributed by atoms with E-state index in [-0.39, 0.29) is 39.2 Å². The zero-order chi connectivity index (χ0) is 31.2. The van der Waals surface area contributed by atoms with Gasteiger partial charge >= 0.3 is 5.97 Å². The molecule has 1 aliphatic heterocycles. The molecule has 1 aromatic rings. The van der Waals surface area contributed by atoms with E-state index in [0.717, 1.165) is 38.5 Å². The van der Waals surface area contributed by atoms with E-state index in [0.29, 0.717) is 55.9 Å². The van der Waals surface area contributed by atoms with Crippen molar-refractivity contribution in [3.63, 3.8) is 0 Å². The summed E-state index contributed by atoms with van der Waals surface area (Å²) in [5, 5.41) is 24.4. The molecular weight excluding hydrogens is 542 g/mol. The predicted octanol–water partition coefficient (Wildman–Crippen LogP) is 5.46. The molecule has 5 aliphatic rings. The van der Waals surface area contributed by atoms with Crippen LogP contribution in [0, 0.1) is 63.6 Å². The fourth-order valence-corrected chi connectivity index (χ4v) is 11.7. The average molecular weight is 598 g/mol. The van der Waals surface area contributed by atoms with E-state index in [4.69, 9.17) is 20.3 Å². The number of carboxylic acids is 1. The van der Waals surface area contributed by atoms with E-state index in [1.807, 2.05) is 6.92 Å². The van der Waals surface area contributed by atoms with Crippen LogP contribution in [0.4, 0.5) is 0 Å². The molecule has 3 saturated carbocycles. The largest absolute Gasteiger partial charge is 0.481 e. The number of hydrogen-bond donors (Lipinski definition) is 2. The minimum absolute atomic E-state index is 0.0769. The number of nitrogens with zero attached hydrogens (tertiary/aromatic N) is 4. The van der Waals surface area contributed by atoms with E-state index < -0.39 is 11.9 Å². The summed E-state index contributed by atoms with van der Waals surface area (Å²) < 4.78 is 13.2. The monoisotopic (exact) mass is 597 g/mol. The van der Waals surface area contributed by atoms with Gasteiger partial charge in [0.2, 0.25) is 0 Å². The number of tetrazole rings is 1. The Bertz CT molecular complexity index is 1280. The van der Waals surface area contributed by atoms with Gasteiger partial charge in [-0.05, 0) is 90.6 Å².